The first kappa shape index (κ1) is 9.70. The highest BCUT2D eigenvalue weighted by atomic mass is 32.1. The van der Waals surface area contributed by atoms with Crippen LogP contribution in [0.5, 0.6) is 0 Å². The van der Waals surface area contributed by atoms with Crippen LogP contribution in [0.2, 0.25) is 0 Å². The van der Waals surface area contributed by atoms with E-state index in [1.54, 1.807) is 11.3 Å². The Bertz CT molecular complexity index is 333. The van der Waals surface area contributed by atoms with Crippen molar-refractivity contribution in [2.24, 2.45) is 5.41 Å². The molecule has 1 N–H and O–H groups in total. The highest BCUT2D eigenvalue weighted by molar-refractivity contribution is 7.07. The Kier molecular flexibility index (Phi) is 2.58. The average molecular weight is 207 g/mol. The van der Waals surface area contributed by atoms with Crippen molar-refractivity contribution in [3.8, 4) is 6.07 Å². The van der Waals surface area contributed by atoms with Crippen LogP contribution in [0.3, 0.4) is 0 Å². The number of hydrogen-bond acceptors (Lipinski definition) is 3. The van der Waals surface area contributed by atoms with Crippen LogP contribution < -0.4 is 0 Å². The van der Waals surface area contributed by atoms with Crippen molar-refractivity contribution in [3.63, 3.8) is 0 Å². The molecule has 74 valence electrons. The molecule has 1 aliphatic rings. The van der Waals surface area contributed by atoms with E-state index in [0.717, 1.165) is 31.2 Å². The molecule has 1 atom stereocenters. The van der Waals surface area contributed by atoms with Gasteiger partial charge in [0.2, 0.25) is 0 Å². The Labute approximate surface area is 87.8 Å². The zero-order valence-electron chi connectivity index (χ0n) is 7.94. The standard InChI is InChI=1S/C11H13NOS/c12-8-11(4-1-2-5-11)10(13)9-3-6-14-7-9/h3,6-7,10,13H,1-2,4-5H2. The van der Waals surface area contributed by atoms with Crippen LogP contribution in [0.25, 0.3) is 0 Å². The normalized spacial score (nSPS) is 21.7. The van der Waals surface area contributed by atoms with Crippen LogP contribution in [0, 0.1) is 16.7 Å². The van der Waals surface area contributed by atoms with E-state index in [4.69, 9.17) is 0 Å². The Hall–Kier alpha value is -0.850. The fourth-order valence-electron chi connectivity index (χ4n) is 2.20. The van der Waals surface area contributed by atoms with Gasteiger partial charge in [-0.25, -0.2) is 0 Å². The van der Waals surface area contributed by atoms with E-state index in [0.29, 0.717) is 0 Å². The quantitative estimate of drug-likeness (QED) is 0.810. The molecule has 1 aromatic rings. The van der Waals surface area contributed by atoms with E-state index in [2.05, 4.69) is 6.07 Å². The lowest BCUT2D eigenvalue weighted by molar-refractivity contribution is 0.0675. The van der Waals surface area contributed by atoms with Gasteiger partial charge in [-0.15, -0.1) is 0 Å². The molecule has 2 nitrogen and oxygen atoms in total. The summed E-state index contributed by atoms with van der Waals surface area (Å²) in [6.07, 6.45) is 3.20. The molecular formula is C11H13NOS. The highest BCUT2D eigenvalue weighted by Gasteiger charge is 2.41. The van der Waals surface area contributed by atoms with Gasteiger partial charge in [-0.05, 0) is 35.2 Å². The number of hydrogen-bond donors (Lipinski definition) is 1. The molecule has 0 saturated heterocycles. The summed E-state index contributed by atoms with van der Waals surface area (Å²) in [6.45, 7) is 0. The number of aliphatic hydroxyl groups excluding tert-OH is 1. The fourth-order valence-corrected chi connectivity index (χ4v) is 2.88. The second-order valence-electron chi connectivity index (χ2n) is 3.93. The lowest BCUT2D eigenvalue weighted by Crippen LogP contribution is -2.23. The Morgan fingerprint density at radius 3 is 2.71 bits per heavy atom. The summed E-state index contributed by atoms with van der Waals surface area (Å²) in [6, 6.07) is 4.23. The van der Waals surface area contributed by atoms with Crippen molar-refractivity contribution >= 4 is 11.3 Å². The molecule has 0 aliphatic heterocycles. The number of nitriles is 1. The zero-order valence-corrected chi connectivity index (χ0v) is 8.76. The lowest BCUT2D eigenvalue weighted by atomic mass is 9.79. The third-order valence-corrected chi connectivity index (χ3v) is 3.80. The number of aliphatic hydroxyl groups is 1. The molecule has 0 radical (unpaired) electrons. The molecule has 0 spiro atoms. The van der Waals surface area contributed by atoms with Gasteiger partial charge in [-0.3, -0.25) is 0 Å². The molecule has 1 heterocycles. The van der Waals surface area contributed by atoms with E-state index in [1.807, 2.05) is 16.8 Å². The van der Waals surface area contributed by atoms with Gasteiger partial charge >= 0.3 is 0 Å². The van der Waals surface area contributed by atoms with Crippen molar-refractivity contribution in [1.82, 2.24) is 0 Å². The van der Waals surface area contributed by atoms with Crippen LogP contribution in [-0.2, 0) is 0 Å². The minimum atomic E-state index is -0.596. The molecule has 0 bridgehead atoms. The fraction of sp³-hybridized carbons (Fsp3) is 0.545. The van der Waals surface area contributed by atoms with Gasteiger partial charge in [0, 0.05) is 0 Å². The van der Waals surface area contributed by atoms with E-state index in [9.17, 15) is 10.4 Å². The van der Waals surface area contributed by atoms with Crippen LogP contribution in [0.15, 0.2) is 16.8 Å². The molecule has 1 fully saturated rings. The van der Waals surface area contributed by atoms with Crippen molar-refractivity contribution < 1.29 is 5.11 Å². The van der Waals surface area contributed by atoms with Crippen LogP contribution >= 0.6 is 11.3 Å². The van der Waals surface area contributed by atoms with Crippen LogP contribution in [0.1, 0.15) is 37.4 Å². The second-order valence-corrected chi connectivity index (χ2v) is 4.71. The molecule has 1 aliphatic carbocycles. The third kappa shape index (κ3) is 1.45. The summed E-state index contributed by atoms with van der Waals surface area (Å²) in [4.78, 5) is 0. The van der Waals surface area contributed by atoms with E-state index in [1.165, 1.54) is 0 Å². The maximum absolute atomic E-state index is 10.1. The summed E-state index contributed by atoms with van der Waals surface area (Å²) < 4.78 is 0. The van der Waals surface area contributed by atoms with Gasteiger partial charge in [0.1, 0.15) is 0 Å². The average Bonchev–Trinajstić information content (AvgIpc) is 2.89. The minimum Gasteiger partial charge on any atom is -0.387 e. The van der Waals surface area contributed by atoms with Gasteiger partial charge in [-0.2, -0.15) is 16.6 Å². The SMILES string of the molecule is N#CC1(C(O)c2ccsc2)CCCC1. The van der Waals surface area contributed by atoms with Gasteiger partial charge < -0.3 is 5.11 Å². The summed E-state index contributed by atoms with van der Waals surface area (Å²) in [5, 5.41) is 23.2. The van der Waals surface area contributed by atoms with Crippen molar-refractivity contribution in [1.29, 1.82) is 5.26 Å². The third-order valence-electron chi connectivity index (χ3n) is 3.10. The Morgan fingerprint density at radius 2 is 2.21 bits per heavy atom. The van der Waals surface area contributed by atoms with Crippen molar-refractivity contribution in [3.05, 3.63) is 22.4 Å². The van der Waals surface area contributed by atoms with Gasteiger partial charge in [0.15, 0.2) is 0 Å². The maximum atomic E-state index is 10.1. The van der Waals surface area contributed by atoms with E-state index < -0.39 is 11.5 Å². The van der Waals surface area contributed by atoms with Gasteiger partial charge in [-0.1, -0.05) is 12.8 Å². The Morgan fingerprint density at radius 1 is 1.50 bits per heavy atom. The topological polar surface area (TPSA) is 44.0 Å². The molecule has 2 rings (SSSR count). The first-order chi connectivity index (χ1) is 6.78. The number of thiophene rings is 1. The summed E-state index contributed by atoms with van der Waals surface area (Å²) in [5.41, 5.74) is 0.389. The molecule has 0 aromatic carbocycles. The monoisotopic (exact) mass is 207 g/mol. The summed E-state index contributed by atoms with van der Waals surface area (Å²) in [7, 11) is 0. The summed E-state index contributed by atoms with van der Waals surface area (Å²) >= 11 is 1.57. The second kappa shape index (κ2) is 3.72. The predicted molar refractivity (Wildman–Crippen MR) is 55.8 cm³/mol. The highest BCUT2D eigenvalue weighted by Crippen LogP contribution is 2.47. The minimum absolute atomic E-state index is 0.513. The lowest BCUT2D eigenvalue weighted by Gasteiger charge is -2.26. The van der Waals surface area contributed by atoms with Crippen LogP contribution in [-0.4, -0.2) is 5.11 Å². The first-order valence-corrected chi connectivity index (χ1v) is 5.84. The molecule has 14 heavy (non-hydrogen) atoms. The molecular weight excluding hydrogens is 194 g/mol. The smallest absolute Gasteiger partial charge is 0.0984 e. The van der Waals surface area contributed by atoms with Crippen molar-refractivity contribution in [2.75, 3.05) is 0 Å². The number of rotatable bonds is 2. The molecule has 1 aromatic heterocycles. The largest absolute Gasteiger partial charge is 0.387 e. The Balaban J connectivity index is 2.25. The molecule has 1 saturated carbocycles. The predicted octanol–water partition coefficient (Wildman–Crippen LogP) is 2.87. The van der Waals surface area contributed by atoms with Gasteiger partial charge in [0.05, 0.1) is 17.6 Å². The van der Waals surface area contributed by atoms with E-state index in [-0.39, 0.29) is 0 Å². The number of nitrogens with zero attached hydrogens (tertiary/aromatic N) is 1. The maximum Gasteiger partial charge on any atom is 0.0984 e. The molecule has 1 unspecified atom stereocenters. The van der Waals surface area contributed by atoms with E-state index >= 15 is 0 Å². The van der Waals surface area contributed by atoms with Gasteiger partial charge in [0.25, 0.3) is 0 Å². The van der Waals surface area contributed by atoms with Crippen molar-refractivity contribution in [2.45, 2.75) is 31.8 Å². The molecule has 0 amide bonds. The van der Waals surface area contributed by atoms with Crippen LogP contribution in [0.4, 0.5) is 0 Å². The first-order valence-electron chi connectivity index (χ1n) is 4.90. The zero-order chi connectivity index (χ0) is 10.0. The summed E-state index contributed by atoms with van der Waals surface area (Å²) in [5.74, 6) is 0. The molecule has 3 heteroatoms.